The van der Waals surface area contributed by atoms with Gasteiger partial charge in [0.15, 0.2) is 0 Å². The zero-order valence-corrected chi connectivity index (χ0v) is 16.7. The summed E-state index contributed by atoms with van der Waals surface area (Å²) >= 11 is 6.52. The summed E-state index contributed by atoms with van der Waals surface area (Å²) in [6.45, 7) is 6.42. The number of fused-ring (bicyclic) bond motifs is 1. The number of hydrogen-bond acceptors (Lipinski definition) is 2. The minimum atomic E-state index is -0.289. The number of rotatable bonds is 7. The number of aromatic nitrogens is 1. The van der Waals surface area contributed by atoms with E-state index in [0.29, 0.717) is 6.54 Å². The monoisotopic (exact) mass is 383 g/mol. The number of hydrogen-bond donors (Lipinski definition) is 3. The van der Waals surface area contributed by atoms with Crippen LogP contribution in [0.25, 0.3) is 10.9 Å². The molecule has 2 atom stereocenters. The number of amides is 1. The zero-order valence-electron chi connectivity index (χ0n) is 15.9. The molecule has 0 aliphatic carbocycles. The first kappa shape index (κ1) is 19.5. The van der Waals surface area contributed by atoms with Gasteiger partial charge in [-0.3, -0.25) is 4.79 Å². The molecule has 3 N–H and O–H groups in total. The maximum atomic E-state index is 12.3. The molecule has 3 aromatic rings. The van der Waals surface area contributed by atoms with E-state index in [9.17, 15) is 4.79 Å². The topological polar surface area (TPSA) is 56.9 Å². The van der Waals surface area contributed by atoms with Crippen LogP contribution in [0.1, 0.15) is 37.8 Å². The summed E-state index contributed by atoms with van der Waals surface area (Å²) in [4.78, 5) is 15.6. The number of benzene rings is 2. The van der Waals surface area contributed by atoms with Gasteiger partial charge in [0.1, 0.15) is 0 Å². The molecule has 27 heavy (non-hydrogen) atoms. The van der Waals surface area contributed by atoms with Crippen LogP contribution in [0.5, 0.6) is 0 Å². The van der Waals surface area contributed by atoms with Gasteiger partial charge in [0.05, 0.1) is 6.04 Å². The highest BCUT2D eigenvalue weighted by Crippen LogP contribution is 2.34. The Bertz CT molecular complexity index is 919. The van der Waals surface area contributed by atoms with Crippen molar-refractivity contribution in [3.05, 3.63) is 70.9 Å². The molecule has 1 amide bonds. The lowest BCUT2D eigenvalue weighted by Crippen LogP contribution is -2.45. The highest BCUT2D eigenvalue weighted by atomic mass is 35.5. The molecule has 0 spiro atoms. The maximum Gasteiger partial charge on any atom is 0.237 e. The summed E-state index contributed by atoms with van der Waals surface area (Å²) < 4.78 is 0. The van der Waals surface area contributed by atoms with E-state index in [1.54, 1.807) is 0 Å². The third-order valence-electron chi connectivity index (χ3n) is 4.73. The number of aromatic amines is 1. The van der Waals surface area contributed by atoms with Crippen LogP contribution in [0.15, 0.2) is 54.7 Å². The maximum absolute atomic E-state index is 12.3. The summed E-state index contributed by atoms with van der Waals surface area (Å²) in [5.41, 5.74) is 3.31. The summed E-state index contributed by atoms with van der Waals surface area (Å²) in [5.74, 6) is 0.0333. The normalized spacial score (nSPS) is 13.7. The van der Waals surface area contributed by atoms with E-state index in [1.165, 1.54) is 10.9 Å². The van der Waals surface area contributed by atoms with Crippen molar-refractivity contribution in [2.75, 3.05) is 6.54 Å². The van der Waals surface area contributed by atoms with E-state index in [2.05, 4.69) is 33.8 Å². The third-order valence-corrected chi connectivity index (χ3v) is 5.07. The van der Waals surface area contributed by atoms with Crippen molar-refractivity contribution >= 4 is 28.4 Å². The largest absolute Gasteiger partial charge is 0.361 e. The molecule has 1 aromatic heterocycles. The Balaban J connectivity index is 1.90. The lowest BCUT2D eigenvalue weighted by molar-refractivity contribution is -0.123. The molecule has 0 saturated carbocycles. The number of nitrogens with one attached hydrogen (secondary N) is 3. The molecular formula is C22H26ClN3O. The standard InChI is InChI=1S/C22H26ClN3O/c1-14(2)26-22(27)15(3)24-12-18(16-8-4-6-10-20(16)23)19-13-25-21-11-7-5-9-17(19)21/h4-11,13-15,18,24-25H,12H2,1-3H3,(H,26,27)/t15-,18-/m1/s1. The fourth-order valence-electron chi connectivity index (χ4n) is 3.32. The zero-order chi connectivity index (χ0) is 19.4. The summed E-state index contributed by atoms with van der Waals surface area (Å²) in [5, 5.41) is 8.23. The van der Waals surface area contributed by atoms with Crippen molar-refractivity contribution in [3.8, 4) is 0 Å². The van der Waals surface area contributed by atoms with Gasteiger partial charge in [-0.15, -0.1) is 0 Å². The van der Waals surface area contributed by atoms with Crippen molar-refractivity contribution in [3.63, 3.8) is 0 Å². The van der Waals surface area contributed by atoms with Crippen LogP contribution in [0, 0.1) is 0 Å². The second kappa shape index (κ2) is 8.59. The van der Waals surface area contributed by atoms with Gasteiger partial charge in [0.2, 0.25) is 5.91 Å². The molecule has 142 valence electrons. The summed E-state index contributed by atoms with van der Waals surface area (Å²) in [7, 11) is 0. The van der Waals surface area contributed by atoms with Gasteiger partial charge in [-0.1, -0.05) is 48.0 Å². The number of H-pyrrole nitrogens is 1. The van der Waals surface area contributed by atoms with Crippen LogP contribution < -0.4 is 10.6 Å². The van der Waals surface area contributed by atoms with E-state index < -0.39 is 0 Å². The van der Waals surface area contributed by atoms with E-state index in [1.807, 2.05) is 57.3 Å². The molecule has 0 bridgehead atoms. The fourth-order valence-corrected chi connectivity index (χ4v) is 3.59. The van der Waals surface area contributed by atoms with Crippen LogP contribution in [0.3, 0.4) is 0 Å². The average molecular weight is 384 g/mol. The Morgan fingerprint density at radius 2 is 1.74 bits per heavy atom. The molecule has 0 unspecified atom stereocenters. The highest BCUT2D eigenvalue weighted by Gasteiger charge is 2.22. The van der Waals surface area contributed by atoms with Crippen LogP contribution in [0.2, 0.25) is 5.02 Å². The molecule has 0 aliphatic rings. The second-order valence-corrected chi connectivity index (χ2v) is 7.56. The fraction of sp³-hybridized carbons (Fsp3) is 0.318. The Kier molecular flexibility index (Phi) is 6.19. The molecule has 3 rings (SSSR count). The second-order valence-electron chi connectivity index (χ2n) is 7.16. The summed E-state index contributed by atoms with van der Waals surface area (Å²) in [6.07, 6.45) is 2.04. The van der Waals surface area contributed by atoms with Crippen LogP contribution in [0.4, 0.5) is 0 Å². The predicted molar refractivity (Wildman–Crippen MR) is 112 cm³/mol. The van der Waals surface area contributed by atoms with Gasteiger partial charge in [0.25, 0.3) is 0 Å². The molecule has 1 heterocycles. The Morgan fingerprint density at radius 1 is 1.04 bits per heavy atom. The van der Waals surface area contributed by atoms with Crippen molar-refractivity contribution in [2.45, 2.75) is 38.8 Å². The molecular weight excluding hydrogens is 358 g/mol. The quantitative estimate of drug-likeness (QED) is 0.564. The van der Waals surface area contributed by atoms with Crippen molar-refractivity contribution < 1.29 is 4.79 Å². The average Bonchev–Trinajstić information content (AvgIpc) is 3.06. The highest BCUT2D eigenvalue weighted by molar-refractivity contribution is 6.31. The van der Waals surface area contributed by atoms with E-state index >= 15 is 0 Å². The van der Waals surface area contributed by atoms with Crippen LogP contribution in [-0.2, 0) is 4.79 Å². The van der Waals surface area contributed by atoms with E-state index in [-0.39, 0.29) is 23.9 Å². The van der Waals surface area contributed by atoms with Gasteiger partial charge in [-0.25, -0.2) is 0 Å². The minimum absolute atomic E-state index is 0.00170. The van der Waals surface area contributed by atoms with Crippen molar-refractivity contribution in [2.24, 2.45) is 0 Å². The molecule has 0 fully saturated rings. The van der Waals surface area contributed by atoms with Gasteiger partial charge < -0.3 is 15.6 Å². The lowest BCUT2D eigenvalue weighted by atomic mass is 9.90. The Morgan fingerprint density at radius 3 is 2.48 bits per heavy atom. The Labute approximate surface area is 165 Å². The first-order chi connectivity index (χ1) is 13.0. The molecule has 0 radical (unpaired) electrons. The first-order valence-corrected chi connectivity index (χ1v) is 9.69. The number of carbonyl (C=O) groups excluding carboxylic acids is 1. The lowest BCUT2D eigenvalue weighted by Gasteiger charge is -2.22. The van der Waals surface area contributed by atoms with Crippen molar-refractivity contribution in [1.82, 2.24) is 15.6 Å². The van der Waals surface area contributed by atoms with E-state index in [0.717, 1.165) is 16.1 Å². The molecule has 0 aliphatic heterocycles. The summed E-state index contributed by atoms with van der Waals surface area (Å²) in [6, 6.07) is 16.0. The van der Waals surface area contributed by atoms with Gasteiger partial charge in [0, 0.05) is 40.6 Å². The van der Waals surface area contributed by atoms with Gasteiger partial charge in [-0.05, 0) is 44.0 Å². The SMILES string of the molecule is CC(C)NC(=O)[C@@H](C)NC[C@H](c1ccccc1Cl)c1c[nH]c2ccccc12. The van der Waals surface area contributed by atoms with E-state index in [4.69, 9.17) is 11.6 Å². The smallest absolute Gasteiger partial charge is 0.237 e. The molecule has 4 nitrogen and oxygen atoms in total. The van der Waals surface area contributed by atoms with Gasteiger partial charge >= 0.3 is 0 Å². The molecule has 0 saturated heterocycles. The van der Waals surface area contributed by atoms with Gasteiger partial charge in [-0.2, -0.15) is 0 Å². The van der Waals surface area contributed by atoms with Crippen LogP contribution in [-0.4, -0.2) is 29.5 Å². The first-order valence-electron chi connectivity index (χ1n) is 9.31. The predicted octanol–water partition coefficient (Wildman–Crippen LogP) is 4.46. The number of halogens is 1. The third kappa shape index (κ3) is 4.52. The number of para-hydroxylation sites is 1. The van der Waals surface area contributed by atoms with Crippen LogP contribution >= 0.6 is 11.6 Å². The molecule has 2 aromatic carbocycles. The van der Waals surface area contributed by atoms with Crippen molar-refractivity contribution in [1.29, 1.82) is 0 Å². The molecule has 5 heteroatoms. The number of carbonyl (C=O) groups is 1. The Hall–Kier alpha value is -2.30. The minimum Gasteiger partial charge on any atom is -0.361 e.